The molecule has 2 aromatic rings. The smallest absolute Gasteiger partial charge is 0.259 e. The number of carbonyl (C=O) groups is 1. The Kier molecular flexibility index (Phi) is 3.44. The van der Waals surface area contributed by atoms with Crippen LogP contribution in [0.1, 0.15) is 39.3 Å². The Morgan fingerprint density at radius 3 is 2.95 bits per heavy atom. The molecule has 20 heavy (non-hydrogen) atoms. The number of fused-ring (bicyclic) bond motifs is 1. The zero-order valence-corrected chi connectivity index (χ0v) is 12.2. The molecular weight excluding hydrogens is 270 g/mol. The number of amides is 1. The Labute approximate surface area is 122 Å². The van der Waals surface area contributed by atoms with Gasteiger partial charge >= 0.3 is 0 Å². The van der Waals surface area contributed by atoms with Crippen LogP contribution in [-0.4, -0.2) is 10.9 Å². The van der Waals surface area contributed by atoms with E-state index in [0.29, 0.717) is 16.4 Å². The number of anilines is 2. The van der Waals surface area contributed by atoms with Crippen LogP contribution in [0.2, 0.25) is 0 Å². The van der Waals surface area contributed by atoms with Crippen molar-refractivity contribution in [3.05, 3.63) is 39.9 Å². The maximum Gasteiger partial charge on any atom is 0.259 e. The number of hydrogen-bond acceptors (Lipinski definition) is 4. The molecule has 0 fully saturated rings. The number of hydrogen-bond donors (Lipinski definition) is 2. The Morgan fingerprint density at radius 2 is 2.15 bits per heavy atom. The van der Waals surface area contributed by atoms with Gasteiger partial charge in [-0.05, 0) is 44.2 Å². The summed E-state index contributed by atoms with van der Waals surface area (Å²) in [4.78, 5) is 18.1. The highest BCUT2D eigenvalue weighted by Gasteiger charge is 2.17. The fourth-order valence-electron chi connectivity index (χ4n) is 2.45. The van der Waals surface area contributed by atoms with Gasteiger partial charge in [-0.3, -0.25) is 10.1 Å². The van der Waals surface area contributed by atoms with Gasteiger partial charge in [-0.1, -0.05) is 12.1 Å². The predicted octanol–water partition coefficient (Wildman–Crippen LogP) is 3.16. The highest BCUT2D eigenvalue weighted by Crippen LogP contribution is 2.30. The lowest BCUT2D eigenvalue weighted by Crippen LogP contribution is -2.14. The van der Waals surface area contributed by atoms with E-state index in [0.717, 1.165) is 24.1 Å². The number of rotatable bonds is 2. The summed E-state index contributed by atoms with van der Waals surface area (Å²) in [5, 5.41) is 3.56. The van der Waals surface area contributed by atoms with E-state index in [4.69, 9.17) is 5.73 Å². The van der Waals surface area contributed by atoms with Crippen molar-refractivity contribution in [2.75, 3.05) is 11.1 Å². The fourth-order valence-corrected chi connectivity index (χ4v) is 3.49. The summed E-state index contributed by atoms with van der Waals surface area (Å²) in [7, 11) is 0. The standard InChI is InChI=1S/C15H17N3OS/c1-9-5-4-6-10(13(9)16)14(19)18-15-17-11-7-2-3-8-12(11)20-15/h4-6H,2-3,7-8,16H2,1H3,(H,17,18,19). The number of nitrogens with two attached hydrogens (primary N) is 1. The lowest BCUT2D eigenvalue weighted by atomic mass is 10.0. The summed E-state index contributed by atoms with van der Waals surface area (Å²) in [5.41, 5.74) is 9.06. The van der Waals surface area contributed by atoms with Crippen LogP contribution in [0.4, 0.5) is 10.8 Å². The molecule has 3 rings (SSSR count). The molecule has 1 aliphatic carbocycles. The van der Waals surface area contributed by atoms with Crippen molar-refractivity contribution < 1.29 is 4.79 Å². The molecule has 4 nitrogen and oxygen atoms in total. The number of nitrogen functional groups attached to an aromatic ring is 1. The molecule has 0 spiro atoms. The van der Waals surface area contributed by atoms with E-state index in [1.807, 2.05) is 19.1 Å². The normalized spacial score (nSPS) is 13.8. The molecule has 1 heterocycles. The molecule has 1 amide bonds. The van der Waals surface area contributed by atoms with Gasteiger partial charge in [0.15, 0.2) is 5.13 Å². The van der Waals surface area contributed by atoms with E-state index in [-0.39, 0.29) is 5.91 Å². The molecule has 3 N–H and O–H groups in total. The van der Waals surface area contributed by atoms with Crippen molar-refractivity contribution in [1.82, 2.24) is 4.98 Å². The summed E-state index contributed by atoms with van der Waals surface area (Å²) >= 11 is 1.58. The van der Waals surface area contributed by atoms with Crippen LogP contribution in [0.5, 0.6) is 0 Å². The molecule has 0 unspecified atom stereocenters. The highest BCUT2D eigenvalue weighted by molar-refractivity contribution is 7.15. The number of aryl methyl sites for hydroxylation is 3. The Bertz CT molecular complexity index is 640. The van der Waals surface area contributed by atoms with Gasteiger partial charge < -0.3 is 5.73 Å². The third kappa shape index (κ3) is 2.41. The predicted molar refractivity (Wildman–Crippen MR) is 82.3 cm³/mol. The van der Waals surface area contributed by atoms with Crippen molar-refractivity contribution >= 4 is 28.1 Å². The van der Waals surface area contributed by atoms with Crippen LogP contribution in [0, 0.1) is 6.92 Å². The van der Waals surface area contributed by atoms with Gasteiger partial charge in [0.1, 0.15) is 0 Å². The lowest BCUT2D eigenvalue weighted by molar-refractivity contribution is 0.102. The zero-order valence-electron chi connectivity index (χ0n) is 11.4. The first-order valence-corrected chi connectivity index (χ1v) is 7.62. The van der Waals surface area contributed by atoms with Gasteiger partial charge in [-0.15, -0.1) is 11.3 Å². The summed E-state index contributed by atoms with van der Waals surface area (Å²) in [5.74, 6) is -0.183. The van der Waals surface area contributed by atoms with Gasteiger partial charge in [0.25, 0.3) is 5.91 Å². The first-order valence-electron chi connectivity index (χ1n) is 6.80. The SMILES string of the molecule is Cc1cccc(C(=O)Nc2nc3c(s2)CCCC3)c1N. The van der Waals surface area contributed by atoms with E-state index in [2.05, 4.69) is 10.3 Å². The summed E-state index contributed by atoms with van der Waals surface area (Å²) in [6.45, 7) is 1.90. The maximum atomic E-state index is 12.3. The van der Waals surface area contributed by atoms with Crippen molar-refractivity contribution in [2.45, 2.75) is 32.6 Å². The molecule has 0 radical (unpaired) electrons. The van der Waals surface area contributed by atoms with Gasteiger partial charge in [-0.25, -0.2) is 4.98 Å². The minimum Gasteiger partial charge on any atom is -0.398 e. The van der Waals surface area contributed by atoms with Crippen LogP contribution >= 0.6 is 11.3 Å². The molecule has 1 aromatic heterocycles. The molecule has 0 saturated heterocycles. The van der Waals surface area contributed by atoms with Crippen LogP contribution in [0.15, 0.2) is 18.2 Å². The van der Waals surface area contributed by atoms with E-state index in [1.54, 1.807) is 17.4 Å². The van der Waals surface area contributed by atoms with Gasteiger partial charge in [0.2, 0.25) is 0 Å². The first kappa shape index (κ1) is 13.1. The second-order valence-corrected chi connectivity index (χ2v) is 6.17. The Hall–Kier alpha value is -1.88. The van der Waals surface area contributed by atoms with Crippen molar-refractivity contribution in [3.63, 3.8) is 0 Å². The molecular formula is C15H17N3OS. The minimum absolute atomic E-state index is 0.183. The van der Waals surface area contributed by atoms with Crippen molar-refractivity contribution in [1.29, 1.82) is 0 Å². The summed E-state index contributed by atoms with van der Waals surface area (Å²) in [6.07, 6.45) is 4.51. The number of benzene rings is 1. The van der Waals surface area contributed by atoms with Gasteiger partial charge in [0.05, 0.1) is 11.3 Å². The molecule has 104 valence electrons. The van der Waals surface area contributed by atoms with E-state index >= 15 is 0 Å². The number of nitrogens with one attached hydrogen (secondary N) is 1. The second kappa shape index (κ2) is 5.25. The number of nitrogens with zero attached hydrogens (tertiary/aromatic N) is 1. The fraction of sp³-hybridized carbons (Fsp3) is 0.333. The van der Waals surface area contributed by atoms with E-state index in [9.17, 15) is 4.79 Å². The third-order valence-electron chi connectivity index (χ3n) is 3.63. The van der Waals surface area contributed by atoms with E-state index < -0.39 is 0 Å². The number of aromatic nitrogens is 1. The van der Waals surface area contributed by atoms with Gasteiger partial charge in [0, 0.05) is 10.6 Å². The highest BCUT2D eigenvalue weighted by atomic mass is 32.1. The average Bonchev–Trinajstić information content (AvgIpc) is 2.83. The van der Waals surface area contributed by atoms with Crippen LogP contribution in [-0.2, 0) is 12.8 Å². The van der Waals surface area contributed by atoms with Crippen LogP contribution in [0.3, 0.4) is 0 Å². The zero-order chi connectivity index (χ0) is 14.1. The van der Waals surface area contributed by atoms with Crippen LogP contribution in [0.25, 0.3) is 0 Å². The van der Waals surface area contributed by atoms with Crippen molar-refractivity contribution in [2.24, 2.45) is 0 Å². The minimum atomic E-state index is -0.183. The Balaban J connectivity index is 1.82. The average molecular weight is 287 g/mol. The molecule has 0 saturated carbocycles. The monoisotopic (exact) mass is 287 g/mol. The quantitative estimate of drug-likeness (QED) is 0.834. The lowest BCUT2D eigenvalue weighted by Gasteiger charge is -2.07. The third-order valence-corrected chi connectivity index (χ3v) is 4.71. The molecule has 5 heteroatoms. The summed E-state index contributed by atoms with van der Waals surface area (Å²) in [6, 6.07) is 5.48. The summed E-state index contributed by atoms with van der Waals surface area (Å²) < 4.78 is 0. The number of thiazole rings is 1. The molecule has 1 aromatic carbocycles. The van der Waals surface area contributed by atoms with Crippen LogP contribution < -0.4 is 11.1 Å². The van der Waals surface area contributed by atoms with Gasteiger partial charge in [-0.2, -0.15) is 0 Å². The molecule has 0 bridgehead atoms. The first-order chi connectivity index (χ1) is 9.65. The topological polar surface area (TPSA) is 68.0 Å². The maximum absolute atomic E-state index is 12.3. The molecule has 0 aliphatic heterocycles. The number of para-hydroxylation sites is 1. The van der Waals surface area contributed by atoms with Crippen molar-refractivity contribution in [3.8, 4) is 0 Å². The second-order valence-electron chi connectivity index (χ2n) is 5.09. The Morgan fingerprint density at radius 1 is 1.35 bits per heavy atom. The number of carbonyl (C=O) groups excluding carboxylic acids is 1. The molecule has 1 aliphatic rings. The largest absolute Gasteiger partial charge is 0.398 e. The van der Waals surface area contributed by atoms with E-state index in [1.165, 1.54) is 17.7 Å². The molecule has 0 atom stereocenters.